The third kappa shape index (κ3) is 5.82. The second kappa shape index (κ2) is 10.4. The maximum Gasteiger partial charge on any atom is 1.00 e. The standard InChI is InChI=1S/C20H19P2.Na/c1-4-10-18(11-5-1)21-16-17-22(19-12-6-2-7-13-19)20-14-8-3-9-15-20;/h1-15H,16-17H2;/q-1;+1. The van der Waals surface area contributed by atoms with Crippen LogP contribution in [0.15, 0.2) is 91.0 Å². The molecule has 3 heteroatoms. The number of rotatable bonds is 6. The molecule has 0 N–H and O–H groups in total. The zero-order valence-electron chi connectivity index (χ0n) is 13.5. The van der Waals surface area contributed by atoms with Gasteiger partial charge in [0, 0.05) is 0 Å². The van der Waals surface area contributed by atoms with Gasteiger partial charge in [-0.25, -0.2) is 5.30 Å². The van der Waals surface area contributed by atoms with E-state index in [4.69, 9.17) is 0 Å². The van der Waals surface area contributed by atoms with Gasteiger partial charge in [-0.05, 0) is 18.5 Å². The Hall–Kier alpha value is -0.480. The quantitative estimate of drug-likeness (QED) is 0.468. The van der Waals surface area contributed by atoms with Crippen molar-refractivity contribution in [2.75, 3.05) is 12.3 Å². The molecule has 23 heavy (non-hydrogen) atoms. The predicted molar refractivity (Wildman–Crippen MR) is 102 cm³/mol. The Morgan fingerprint density at radius 2 is 1.04 bits per heavy atom. The molecule has 0 heterocycles. The molecule has 0 amide bonds. The minimum absolute atomic E-state index is 0. The Morgan fingerprint density at radius 1 is 0.609 bits per heavy atom. The first kappa shape index (κ1) is 18.9. The first-order valence-electron chi connectivity index (χ1n) is 7.54. The minimum Gasteiger partial charge on any atom is -0.506 e. The normalized spacial score (nSPS) is 10.8. The van der Waals surface area contributed by atoms with Gasteiger partial charge in [0.25, 0.3) is 0 Å². The van der Waals surface area contributed by atoms with Gasteiger partial charge >= 0.3 is 29.6 Å². The summed E-state index contributed by atoms with van der Waals surface area (Å²) in [6, 6.07) is 32.7. The molecule has 0 nitrogen and oxygen atoms in total. The zero-order chi connectivity index (χ0) is 15.0. The van der Waals surface area contributed by atoms with Crippen LogP contribution < -0.4 is 45.5 Å². The second-order valence-electron chi connectivity index (χ2n) is 5.04. The van der Waals surface area contributed by atoms with Crippen molar-refractivity contribution in [1.82, 2.24) is 0 Å². The van der Waals surface area contributed by atoms with Gasteiger partial charge in [-0.2, -0.15) is 6.16 Å². The van der Waals surface area contributed by atoms with Gasteiger partial charge in [-0.3, -0.25) is 0 Å². The van der Waals surface area contributed by atoms with Crippen LogP contribution in [0, 0.1) is 0 Å². The molecule has 0 aliphatic heterocycles. The van der Waals surface area contributed by atoms with E-state index in [1.807, 2.05) is 0 Å². The SMILES string of the molecule is [Na+].c1ccc([P-]CCP(c2ccccc2)c2ccccc2)cc1. The molecular weight excluding hydrogens is 325 g/mol. The number of benzene rings is 3. The maximum absolute atomic E-state index is 2.28. The van der Waals surface area contributed by atoms with Crippen molar-refractivity contribution in [2.24, 2.45) is 0 Å². The summed E-state index contributed by atoms with van der Waals surface area (Å²) < 4.78 is 0. The summed E-state index contributed by atoms with van der Waals surface area (Å²) in [5.74, 6) is 0. The molecule has 3 aromatic carbocycles. The second-order valence-corrected chi connectivity index (χ2v) is 8.66. The van der Waals surface area contributed by atoms with Crippen molar-refractivity contribution < 1.29 is 29.6 Å². The van der Waals surface area contributed by atoms with Crippen LogP contribution in [0.1, 0.15) is 0 Å². The molecule has 0 bridgehead atoms. The van der Waals surface area contributed by atoms with E-state index in [1.54, 1.807) is 0 Å². The van der Waals surface area contributed by atoms with Crippen molar-refractivity contribution in [3.8, 4) is 0 Å². The summed E-state index contributed by atoms with van der Waals surface area (Å²) in [7, 11) is 1.17. The number of hydrogen-bond acceptors (Lipinski definition) is 0. The molecule has 0 saturated carbocycles. The molecule has 110 valence electrons. The van der Waals surface area contributed by atoms with E-state index < -0.39 is 0 Å². The van der Waals surface area contributed by atoms with Crippen LogP contribution in [-0.4, -0.2) is 12.3 Å². The smallest absolute Gasteiger partial charge is 0.506 e. The largest absolute Gasteiger partial charge is 1.00 e. The molecule has 0 fully saturated rings. The fourth-order valence-corrected chi connectivity index (χ4v) is 6.16. The fourth-order valence-electron chi connectivity index (χ4n) is 2.44. The van der Waals surface area contributed by atoms with Gasteiger partial charge in [-0.15, -0.1) is 0 Å². The summed E-state index contributed by atoms with van der Waals surface area (Å²) in [5.41, 5.74) is 0. The molecule has 3 aromatic rings. The molecular formula is C20H19NaP2. The Morgan fingerprint density at radius 3 is 1.52 bits per heavy atom. The maximum atomic E-state index is 2.28. The molecule has 0 aliphatic rings. The monoisotopic (exact) mass is 344 g/mol. The summed E-state index contributed by atoms with van der Waals surface area (Å²) in [6.07, 6.45) is 2.44. The summed E-state index contributed by atoms with van der Waals surface area (Å²) >= 11 is 0. The number of hydrogen-bond donors (Lipinski definition) is 0. The van der Waals surface area contributed by atoms with Crippen molar-refractivity contribution in [3.63, 3.8) is 0 Å². The Balaban J connectivity index is 0.00000192. The van der Waals surface area contributed by atoms with Gasteiger partial charge < -0.3 is 8.58 Å². The molecule has 0 unspecified atom stereocenters. The summed E-state index contributed by atoms with van der Waals surface area (Å²) in [4.78, 5) is 0. The van der Waals surface area contributed by atoms with Crippen molar-refractivity contribution in [1.29, 1.82) is 0 Å². The van der Waals surface area contributed by atoms with Gasteiger partial charge in [0.15, 0.2) is 0 Å². The summed E-state index contributed by atoms with van der Waals surface area (Å²) in [6.45, 7) is 0. The summed E-state index contributed by atoms with van der Waals surface area (Å²) in [5, 5.41) is 4.37. The van der Waals surface area contributed by atoms with Crippen LogP contribution in [0.4, 0.5) is 0 Å². The third-order valence-electron chi connectivity index (χ3n) is 3.51. The first-order valence-corrected chi connectivity index (χ1v) is 10.1. The van der Waals surface area contributed by atoms with E-state index in [0.717, 1.165) is 0 Å². The topological polar surface area (TPSA) is 0 Å². The van der Waals surface area contributed by atoms with E-state index in [2.05, 4.69) is 91.0 Å². The molecule has 0 spiro atoms. The minimum atomic E-state index is -0.254. The molecule has 0 radical (unpaired) electrons. The average Bonchev–Trinajstić information content (AvgIpc) is 2.61. The van der Waals surface area contributed by atoms with E-state index in [9.17, 15) is 0 Å². The Bertz CT molecular complexity index is 632. The van der Waals surface area contributed by atoms with E-state index in [-0.39, 0.29) is 37.5 Å². The van der Waals surface area contributed by atoms with Gasteiger partial charge in [0.1, 0.15) is 0 Å². The van der Waals surface area contributed by atoms with E-state index in [0.29, 0.717) is 0 Å². The molecule has 0 saturated heterocycles. The molecule has 0 aliphatic carbocycles. The zero-order valence-corrected chi connectivity index (χ0v) is 17.3. The van der Waals surface area contributed by atoms with Crippen LogP contribution in [0.5, 0.6) is 0 Å². The molecule has 0 atom stereocenters. The van der Waals surface area contributed by atoms with Crippen LogP contribution in [0.3, 0.4) is 0 Å². The van der Waals surface area contributed by atoms with Crippen molar-refractivity contribution >= 4 is 32.4 Å². The van der Waals surface area contributed by atoms with E-state index >= 15 is 0 Å². The van der Waals surface area contributed by atoms with Crippen LogP contribution >= 0.6 is 16.5 Å². The third-order valence-corrected chi connectivity index (χ3v) is 7.49. The van der Waals surface area contributed by atoms with Crippen molar-refractivity contribution in [2.45, 2.75) is 0 Å². The van der Waals surface area contributed by atoms with Gasteiger partial charge in [0.05, 0.1) is 0 Å². The van der Waals surface area contributed by atoms with Crippen LogP contribution in [0.25, 0.3) is 0 Å². The fraction of sp³-hybridized carbons (Fsp3) is 0.100. The van der Waals surface area contributed by atoms with Crippen LogP contribution in [-0.2, 0) is 0 Å². The Kier molecular flexibility index (Phi) is 8.52. The van der Waals surface area contributed by atoms with Crippen LogP contribution in [0.2, 0.25) is 0 Å². The van der Waals surface area contributed by atoms with Crippen molar-refractivity contribution in [3.05, 3.63) is 91.0 Å². The average molecular weight is 344 g/mol. The Labute approximate surface area is 164 Å². The first-order chi connectivity index (χ1) is 10.9. The van der Waals surface area contributed by atoms with Gasteiger partial charge in [-0.1, -0.05) is 97.2 Å². The van der Waals surface area contributed by atoms with Gasteiger partial charge in [0.2, 0.25) is 0 Å². The van der Waals surface area contributed by atoms with E-state index in [1.165, 1.54) is 36.8 Å². The molecule has 0 aromatic heterocycles. The predicted octanol–water partition coefficient (Wildman–Crippen LogP) is 1.39. The molecule has 3 rings (SSSR count).